The van der Waals surface area contributed by atoms with E-state index in [4.69, 9.17) is 5.73 Å². The lowest BCUT2D eigenvalue weighted by Gasteiger charge is -2.31. The summed E-state index contributed by atoms with van der Waals surface area (Å²) < 4.78 is 0. The first kappa shape index (κ1) is 11.2. The Bertz CT molecular complexity index is 622. The number of aromatic nitrogens is 2. The fourth-order valence-corrected chi connectivity index (χ4v) is 2.43. The number of nitrogens with zero attached hydrogens (tertiary/aromatic N) is 2. The summed E-state index contributed by atoms with van der Waals surface area (Å²) in [5, 5.41) is 0.627. The van der Waals surface area contributed by atoms with Gasteiger partial charge in [-0.2, -0.15) is 0 Å². The van der Waals surface area contributed by atoms with E-state index in [0.717, 1.165) is 31.4 Å². The number of nitrogens with two attached hydrogens (primary N) is 1. The lowest BCUT2D eigenvalue weighted by Crippen LogP contribution is -2.44. The molecule has 1 saturated heterocycles. The third-order valence-corrected chi connectivity index (χ3v) is 3.36. The molecule has 1 aromatic carbocycles. The van der Waals surface area contributed by atoms with Crippen LogP contribution in [0.4, 0.5) is 5.95 Å². The highest BCUT2D eigenvalue weighted by Gasteiger charge is 2.19. The molecular formula is C13H16N4O. The van der Waals surface area contributed by atoms with Gasteiger partial charge in [0.15, 0.2) is 0 Å². The van der Waals surface area contributed by atoms with Gasteiger partial charge in [-0.1, -0.05) is 12.1 Å². The number of H-pyrrole nitrogens is 1. The molecule has 3 rings (SSSR count). The number of hydrogen-bond donors (Lipinski definition) is 2. The minimum atomic E-state index is -0.0882. The molecule has 0 bridgehead atoms. The molecule has 0 amide bonds. The van der Waals surface area contributed by atoms with Gasteiger partial charge in [-0.25, -0.2) is 4.98 Å². The maximum absolute atomic E-state index is 12.0. The minimum absolute atomic E-state index is 0.0882. The third-order valence-electron chi connectivity index (χ3n) is 3.36. The highest BCUT2D eigenvalue weighted by atomic mass is 16.1. The van der Waals surface area contributed by atoms with Crippen molar-refractivity contribution >= 4 is 16.9 Å². The van der Waals surface area contributed by atoms with Gasteiger partial charge in [0.05, 0.1) is 10.9 Å². The molecule has 0 saturated carbocycles. The summed E-state index contributed by atoms with van der Waals surface area (Å²) >= 11 is 0. The molecule has 94 valence electrons. The van der Waals surface area contributed by atoms with E-state index in [1.807, 2.05) is 18.2 Å². The van der Waals surface area contributed by atoms with Crippen LogP contribution in [0.15, 0.2) is 29.1 Å². The number of hydrogen-bond acceptors (Lipinski definition) is 4. The van der Waals surface area contributed by atoms with Crippen molar-refractivity contribution in [2.45, 2.75) is 18.9 Å². The van der Waals surface area contributed by atoms with Crippen molar-refractivity contribution < 1.29 is 0 Å². The van der Waals surface area contributed by atoms with Crippen molar-refractivity contribution in [1.82, 2.24) is 9.97 Å². The molecule has 1 fully saturated rings. The molecule has 0 aliphatic carbocycles. The Morgan fingerprint density at radius 3 is 3.06 bits per heavy atom. The van der Waals surface area contributed by atoms with Crippen LogP contribution in [-0.2, 0) is 0 Å². The molecule has 0 radical (unpaired) electrons. The highest BCUT2D eigenvalue weighted by Crippen LogP contribution is 2.16. The van der Waals surface area contributed by atoms with E-state index in [-0.39, 0.29) is 11.6 Å². The van der Waals surface area contributed by atoms with Crippen LogP contribution >= 0.6 is 0 Å². The second-order valence-corrected chi connectivity index (χ2v) is 4.76. The van der Waals surface area contributed by atoms with Gasteiger partial charge >= 0.3 is 0 Å². The average molecular weight is 244 g/mol. The summed E-state index contributed by atoms with van der Waals surface area (Å²) in [6, 6.07) is 7.54. The molecule has 5 nitrogen and oxygen atoms in total. The largest absolute Gasteiger partial charge is 0.341 e. The van der Waals surface area contributed by atoms with E-state index in [1.165, 1.54) is 0 Å². The Kier molecular flexibility index (Phi) is 2.76. The van der Waals surface area contributed by atoms with Crippen LogP contribution in [0.1, 0.15) is 12.8 Å². The summed E-state index contributed by atoms with van der Waals surface area (Å²) in [4.78, 5) is 21.4. The van der Waals surface area contributed by atoms with E-state index in [1.54, 1.807) is 6.07 Å². The number of rotatable bonds is 1. The molecular weight excluding hydrogens is 228 g/mol. The summed E-state index contributed by atoms with van der Waals surface area (Å²) in [6.07, 6.45) is 2.08. The van der Waals surface area contributed by atoms with Gasteiger partial charge in [0.2, 0.25) is 5.95 Å². The lowest BCUT2D eigenvalue weighted by atomic mass is 10.1. The molecule has 3 N–H and O–H groups in total. The predicted octanol–water partition coefficient (Wildman–Crippen LogP) is 0.851. The molecule has 18 heavy (non-hydrogen) atoms. The Labute approximate surface area is 105 Å². The zero-order chi connectivity index (χ0) is 12.5. The maximum Gasteiger partial charge on any atom is 0.260 e. The smallest absolute Gasteiger partial charge is 0.260 e. The fourth-order valence-electron chi connectivity index (χ4n) is 2.43. The molecule has 2 aromatic rings. The molecule has 0 unspecified atom stereocenters. The van der Waals surface area contributed by atoms with Crippen molar-refractivity contribution in [1.29, 1.82) is 0 Å². The van der Waals surface area contributed by atoms with E-state index in [9.17, 15) is 4.79 Å². The summed E-state index contributed by atoms with van der Waals surface area (Å²) in [7, 11) is 0. The van der Waals surface area contributed by atoms with Crippen molar-refractivity contribution in [2.75, 3.05) is 18.0 Å². The maximum atomic E-state index is 12.0. The number of benzene rings is 1. The molecule has 1 atom stereocenters. The summed E-state index contributed by atoms with van der Waals surface area (Å²) in [6.45, 7) is 1.65. The zero-order valence-electron chi connectivity index (χ0n) is 10.1. The predicted molar refractivity (Wildman–Crippen MR) is 71.8 cm³/mol. The topological polar surface area (TPSA) is 75.0 Å². The number of nitrogens with one attached hydrogen (secondary N) is 1. The second-order valence-electron chi connectivity index (χ2n) is 4.76. The van der Waals surface area contributed by atoms with Gasteiger partial charge in [0.1, 0.15) is 0 Å². The molecule has 0 spiro atoms. The van der Waals surface area contributed by atoms with E-state index in [2.05, 4.69) is 14.9 Å². The highest BCUT2D eigenvalue weighted by molar-refractivity contribution is 5.78. The van der Waals surface area contributed by atoms with Crippen molar-refractivity contribution in [3.8, 4) is 0 Å². The van der Waals surface area contributed by atoms with E-state index < -0.39 is 0 Å². The first-order valence-corrected chi connectivity index (χ1v) is 6.23. The van der Waals surface area contributed by atoms with E-state index >= 15 is 0 Å². The van der Waals surface area contributed by atoms with Crippen LogP contribution < -0.4 is 16.2 Å². The van der Waals surface area contributed by atoms with Crippen LogP contribution in [0, 0.1) is 0 Å². The van der Waals surface area contributed by atoms with Gasteiger partial charge in [0.25, 0.3) is 5.56 Å². The van der Waals surface area contributed by atoms with Crippen LogP contribution in [0.2, 0.25) is 0 Å². The second kappa shape index (κ2) is 4.42. The third kappa shape index (κ3) is 1.97. The molecule has 1 aliphatic rings. The summed E-state index contributed by atoms with van der Waals surface area (Å²) in [5.74, 6) is 0.633. The zero-order valence-corrected chi connectivity index (χ0v) is 10.1. The first-order chi connectivity index (χ1) is 8.74. The average Bonchev–Trinajstić information content (AvgIpc) is 2.39. The Hall–Kier alpha value is -1.88. The lowest BCUT2D eigenvalue weighted by molar-refractivity contribution is 0.500. The molecule has 1 aliphatic heterocycles. The van der Waals surface area contributed by atoms with Gasteiger partial charge in [-0.15, -0.1) is 0 Å². The molecule has 2 heterocycles. The first-order valence-electron chi connectivity index (χ1n) is 6.23. The molecule has 1 aromatic heterocycles. The van der Waals surface area contributed by atoms with E-state index in [0.29, 0.717) is 11.3 Å². The van der Waals surface area contributed by atoms with Crippen LogP contribution in [0.25, 0.3) is 10.9 Å². The van der Waals surface area contributed by atoms with Gasteiger partial charge in [0, 0.05) is 19.1 Å². The van der Waals surface area contributed by atoms with Crippen LogP contribution in [0.3, 0.4) is 0 Å². The molecule has 5 heteroatoms. The number of para-hydroxylation sites is 1. The Morgan fingerprint density at radius 1 is 1.39 bits per heavy atom. The number of aromatic amines is 1. The monoisotopic (exact) mass is 244 g/mol. The SMILES string of the molecule is N[C@@H]1CCCN(c2nc3ccccc3c(=O)[nH]2)C1. The number of anilines is 1. The van der Waals surface area contributed by atoms with Crippen LogP contribution in [0.5, 0.6) is 0 Å². The van der Waals surface area contributed by atoms with Crippen molar-refractivity contribution in [2.24, 2.45) is 5.73 Å². The Morgan fingerprint density at radius 2 is 2.22 bits per heavy atom. The van der Waals surface area contributed by atoms with Crippen LogP contribution in [-0.4, -0.2) is 29.1 Å². The standard InChI is InChI=1S/C13H16N4O/c14-9-4-3-7-17(8-9)13-15-11-6-2-1-5-10(11)12(18)16-13/h1-2,5-6,9H,3-4,7-8,14H2,(H,15,16,18)/t9-/m1/s1. The summed E-state index contributed by atoms with van der Waals surface area (Å²) in [5.41, 5.74) is 6.60. The fraction of sp³-hybridized carbons (Fsp3) is 0.385. The van der Waals surface area contributed by atoms with Crippen molar-refractivity contribution in [3.63, 3.8) is 0 Å². The minimum Gasteiger partial charge on any atom is -0.341 e. The normalized spacial score (nSPS) is 20.3. The van der Waals surface area contributed by atoms with Gasteiger partial charge in [-0.3, -0.25) is 9.78 Å². The number of piperidine rings is 1. The quantitative estimate of drug-likeness (QED) is 0.780. The Balaban J connectivity index is 2.04. The van der Waals surface area contributed by atoms with Gasteiger partial charge < -0.3 is 10.6 Å². The number of fused-ring (bicyclic) bond motifs is 1. The van der Waals surface area contributed by atoms with Gasteiger partial charge in [-0.05, 0) is 25.0 Å². The van der Waals surface area contributed by atoms with Crippen molar-refractivity contribution in [3.05, 3.63) is 34.6 Å².